The minimum Gasteiger partial charge on any atom is -0.496 e. The van der Waals surface area contributed by atoms with E-state index in [1.54, 1.807) is 19.2 Å². The van der Waals surface area contributed by atoms with Crippen LogP contribution in [0.15, 0.2) is 47.4 Å². The van der Waals surface area contributed by atoms with Gasteiger partial charge in [-0.2, -0.15) is 0 Å². The van der Waals surface area contributed by atoms with E-state index in [0.717, 1.165) is 16.9 Å². The predicted molar refractivity (Wildman–Crippen MR) is 93.1 cm³/mol. The SMILES string of the molecule is COc1ccc(C)cc1CCNS(=O)(=O)c1cccc(C(C)=O)c1. The van der Waals surface area contributed by atoms with E-state index in [-0.39, 0.29) is 17.2 Å². The largest absolute Gasteiger partial charge is 0.496 e. The molecule has 0 saturated carbocycles. The van der Waals surface area contributed by atoms with Gasteiger partial charge in [0, 0.05) is 12.1 Å². The molecule has 6 heteroatoms. The Morgan fingerprint density at radius 1 is 1.17 bits per heavy atom. The first kappa shape index (κ1) is 18.2. The third-order valence-corrected chi connectivity index (χ3v) is 5.13. The summed E-state index contributed by atoms with van der Waals surface area (Å²) < 4.78 is 32.6. The normalized spacial score (nSPS) is 11.3. The summed E-state index contributed by atoms with van der Waals surface area (Å²) in [7, 11) is -2.07. The van der Waals surface area contributed by atoms with Gasteiger partial charge < -0.3 is 4.74 Å². The number of benzene rings is 2. The Hall–Kier alpha value is -2.18. The van der Waals surface area contributed by atoms with Crippen molar-refractivity contribution in [3.63, 3.8) is 0 Å². The summed E-state index contributed by atoms with van der Waals surface area (Å²) in [6.45, 7) is 3.62. The number of nitrogens with one attached hydrogen (secondary N) is 1. The minimum absolute atomic E-state index is 0.0893. The second kappa shape index (κ2) is 7.59. The Morgan fingerprint density at radius 2 is 1.92 bits per heavy atom. The van der Waals surface area contributed by atoms with Crippen molar-refractivity contribution in [2.24, 2.45) is 0 Å². The first-order chi connectivity index (χ1) is 11.3. The first-order valence-electron chi connectivity index (χ1n) is 7.57. The van der Waals surface area contributed by atoms with Gasteiger partial charge in [0.05, 0.1) is 12.0 Å². The number of ketones is 1. The van der Waals surface area contributed by atoms with Crippen LogP contribution in [0.5, 0.6) is 5.75 Å². The molecule has 0 spiro atoms. The smallest absolute Gasteiger partial charge is 0.240 e. The zero-order valence-corrected chi connectivity index (χ0v) is 14.8. The third-order valence-electron chi connectivity index (χ3n) is 3.67. The number of carbonyl (C=O) groups excluding carboxylic acids is 1. The van der Waals surface area contributed by atoms with Crippen molar-refractivity contribution in [3.05, 3.63) is 59.2 Å². The number of carbonyl (C=O) groups is 1. The molecule has 0 amide bonds. The molecular formula is C18H21NO4S. The molecule has 0 aromatic heterocycles. The molecule has 2 aromatic carbocycles. The Bertz CT molecular complexity index is 844. The molecule has 128 valence electrons. The number of methoxy groups -OCH3 is 1. The molecule has 24 heavy (non-hydrogen) atoms. The van der Waals surface area contributed by atoms with E-state index in [1.165, 1.54) is 19.1 Å². The van der Waals surface area contributed by atoms with Crippen LogP contribution >= 0.6 is 0 Å². The van der Waals surface area contributed by atoms with Crippen molar-refractivity contribution in [2.75, 3.05) is 13.7 Å². The van der Waals surface area contributed by atoms with Gasteiger partial charge in [-0.05, 0) is 44.0 Å². The fourth-order valence-corrected chi connectivity index (χ4v) is 3.47. The predicted octanol–water partition coefficient (Wildman–Crippen LogP) is 2.73. The lowest BCUT2D eigenvalue weighted by Gasteiger charge is -2.11. The standard InChI is InChI=1S/C18H21NO4S/c1-13-7-8-18(23-3)16(11-13)9-10-19-24(21,22)17-6-4-5-15(12-17)14(2)20/h4-8,11-12,19H,9-10H2,1-3H3. The number of Topliss-reactive ketones (excluding diaryl/α,β-unsaturated/α-hetero) is 1. The summed E-state index contributed by atoms with van der Waals surface area (Å²) in [4.78, 5) is 11.5. The minimum atomic E-state index is -3.66. The molecule has 5 nitrogen and oxygen atoms in total. The van der Waals surface area contributed by atoms with Crippen LogP contribution in [0.3, 0.4) is 0 Å². The van der Waals surface area contributed by atoms with Gasteiger partial charge in [0.15, 0.2) is 5.78 Å². The molecule has 0 radical (unpaired) electrons. The van der Waals surface area contributed by atoms with Crippen molar-refractivity contribution in [1.82, 2.24) is 4.72 Å². The molecule has 1 N–H and O–H groups in total. The van der Waals surface area contributed by atoms with Crippen LogP contribution in [-0.4, -0.2) is 27.9 Å². The molecule has 2 aromatic rings. The molecule has 0 fully saturated rings. The fraction of sp³-hybridized carbons (Fsp3) is 0.278. The highest BCUT2D eigenvalue weighted by Gasteiger charge is 2.15. The van der Waals surface area contributed by atoms with Crippen LogP contribution in [-0.2, 0) is 16.4 Å². The summed E-state index contributed by atoms with van der Waals surface area (Å²) in [5.41, 5.74) is 2.40. The van der Waals surface area contributed by atoms with Gasteiger partial charge in [0.2, 0.25) is 10.0 Å². The van der Waals surface area contributed by atoms with E-state index in [4.69, 9.17) is 4.74 Å². The summed E-state index contributed by atoms with van der Waals surface area (Å²) in [5.74, 6) is 0.565. The van der Waals surface area contributed by atoms with Crippen molar-refractivity contribution in [2.45, 2.75) is 25.2 Å². The van der Waals surface area contributed by atoms with Crippen LogP contribution in [0.4, 0.5) is 0 Å². The van der Waals surface area contributed by atoms with Gasteiger partial charge >= 0.3 is 0 Å². The highest BCUT2D eigenvalue weighted by atomic mass is 32.2. The van der Waals surface area contributed by atoms with Crippen LogP contribution in [0, 0.1) is 6.92 Å². The number of hydrogen-bond donors (Lipinski definition) is 1. The summed E-state index contributed by atoms with van der Waals surface area (Å²) in [6, 6.07) is 11.8. The molecule has 0 aliphatic heterocycles. The second-order valence-corrected chi connectivity index (χ2v) is 7.31. The van der Waals surface area contributed by atoms with E-state index in [1.807, 2.05) is 25.1 Å². The zero-order valence-electron chi connectivity index (χ0n) is 14.0. The molecule has 0 aliphatic rings. The molecular weight excluding hydrogens is 326 g/mol. The maximum Gasteiger partial charge on any atom is 0.240 e. The molecule has 2 rings (SSSR count). The van der Waals surface area contributed by atoms with Gasteiger partial charge in [-0.3, -0.25) is 4.79 Å². The van der Waals surface area contributed by atoms with E-state index in [0.29, 0.717) is 12.0 Å². The summed E-state index contributed by atoms with van der Waals surface area (Å²) in [6.07, 6.45) is 0.510. The number of ether oxygens (including phenoxy) is 1. The number of aryl methyl sites for hydroxylation is 1. The van der Waals surface area contributed by atoms with Crippen LogP contribution in [0.25, 0.3) is 0 Å². The molecule has 0 atom stereocenters. The number of sulfonamides is 1. The van der Waals surface area contributed by atoms with Gasteiger partial charge in [0.25, 0.3) is 0 Å². The lowest BCUT2D eigenvalue weighted by molar-refractivity contribution is 0.101. The van der Waals surface area contributed by atoms with E-state index < -0.39 is 10.0 Å². The molecule has 0 aliphatic carbocycles. The summed E-state index contributed by atoms with van der Waals surface area (Å²) >= 11 is 0. The summed E-state index contributed by atoms with van der Waals surface area (Å²) in [5, 5.41) is 0. The van der Waals surface area contributed by atoms with Crippen molar-refractivity contribution < 1.29 is 17.9 Å². The maximum atomic E-state index is 12.4. The molecule has 0 bridgehead atoms. The lowest BCUT2D eigenvalue weighted by Crippen LogP contribution is -2.26. The van der Waals surface area contributed by atoms with Gasteiger partial charge in [-0.15, -0.1) is 0 Å². The number of rotatable bonds is 7. The Balaban J connectivity index is 2.10. The van der Waals surface area contributed by atoms with Crippen LogP contribution < -0.4 is 9.46 Å². The fourth-order valence-electron chi connectivity index (χ4n) is 2.39. The first-order valence-corrected chi connectivity index (χ1v) is 9.06. The topological polar surface area (TPSA) is 72.5 Å². The van der Waals surface area contributed by atoms with E-state index in [9.17, 15) is 13.2 Å². The number of hydrogen-bond acceptors (Lipinski definition) is 4. The van der Waals surface area contributed by atoms with Crippen LogP contribution in [0.2, 0.25) is 0 Å². The Labute approximate surface area is 142 Å². The average molecular weight is 347 g/mol. The lowest BCUT2D eigenvalue weighted by atomic mass is 10.1. The molecule has 0 heterocycles. The van der Waals surface area contributed by atoms with Crippen molar-refractivity contribution >= 4 is 15.8 Å². The van der Waals surface area contributed by atoms with E-state index in [2.05, 4.69) is 4.72 Å². The maximum absolute atomic E-state index is 12.4. The van der Waals surface area contributed by atoms with Gasteiger partial charge in [-0.1, -0.05) is 29.8 Å². The van der Waals surface area contributed by atoms with Gasteiger partial charge in [0.1, 0.15) is 5.75 Å². The Morgan fingerprint density at radius 3 is 2.58 bits per heavy atom. The van der Waals surface area contributed by atoms with Crippen molar-refractivity contribution in [3.8, 4) is 5.75 Å². The quantitative estimate of drug-likeness (QED) is 0.782. The van der Waals surface area contributed by atoms with E-state index >= 15 is 0 Å². The van der Waals surface area contributed by atoms with Crippen molar-refractivity contribution in [1.29, 1.82) is 0 Å². The highest BCUT2D eigenvalue weighted by molar-refractivity contribution is 7.89. The third kappa shape index (κ3) is 4.43. The molecule has 0 saturated heterocycles. The van der Waals surface area contributed by atoms with Crippen LogP contribution in [0.1, 0.15) is 28.4 Å². The Kier molecular flexibility index (Phi) is 5.75. The highest BCUT2D eigenvalue weighted by Crippen LogP contribution is 2.20. The molecule has 0 unspecified atom stereocenters. The van der Waals surface area contributed by atoms with Gasteiger partial charge in [-0.25, -0.2) is 13.1 Å². The zero-order chi connectivity index (χ0) is 17.7. The average Bonchev–Trinajstić information content (AvgIpc) is 2.55. The monoisotopic (exact) mass is 347 g/mol. The second-order valence-electron chi connectivity index (χ2n) is 5.55.